The highest BCUT2D eigenvalue weighted by atomic mass is 15.1. The first kappa shape index (κ1) is 46.1. The molecule has 14 aromatic rings. The Morgan fingerprint density at radius 2 is 0.825 bits per heavy atom. The molecule has 0 saturated carbocycles. The normalized spacial score (nSPS) is 13.6. The molecule has 0 spiro atoms. The van der Waals surface area contributed by atoms with E-state index in [1.54, 1.807) is 0 Å². The lowest BCUT2D eigenvalue weighted by Gasteiger charge is -2.33. The molecule has 0 atom stereocenters. The molecule has 1 aromatic heterocycles. The van der Waals surface area contributed by atoms with E-state index in [1.807, 2.05) is 0 Å². The molecule has 2 aliphatic rings. The SMILES string of the molecule is CC1(C)c2ccccc2-c2ccc(N(c3ccc4c5c6ccccc6c6ccccc6c5n(-c5ccc(-c6ccc7c(c6)-c6ccccc6C7(c6ccccc6)c6ccccc6)cc5)c4c3)c3ccccc3-c3ccccc3)cc21. The Bertz CT molecular complexity index is 4740. The van der Waals surface area contributed by atoms with Crippen LogP contribution in [-0.2, 0) is 10.8 Å². The molecule has 0 amide bonds. The van der Waals surface area contributed by atoms with Crippen molar-refractivity contribution in [3.05, 3.63) is 325 Å². The van der Waals surface area contributed by atoms with E-state index in [9.17, 15) is 0 Å². The summed E-state index contributed by atoms with van der Waals surface area (Å²) in [6, 6.07) is 109. The van der Waals surface area contributed by atoms with Crippen LogP contribution in [0.15, 0.2) is 291 Å². The monoisotopic (exact) mass is 1020 g/mol. The van der Waals surface area contributed by atoms with Crippen LogP contribution in [0.2, 0.25) is 0 Å². The van der Waals surface area contributed by atoms with Gasteiger partial charge < -0.3 is 9.47 Å². The van der Waals surface area contributed by atoms with Crippen LogP contribution in [0.3, 0.4) is 0 Å². The fourth-order valence-electron chi connectivity index (χ4n) is 14.3. The summed E-state index contributed by atoms with van der Waals surface area (Å²) in [4.78, 5) is 2.50. The largest absolute Gasteiger partial charge is 0.310 e. The second kappa shape index (κ2) is 17.8. The molecular weight excluding hydrogens is 965 g/mol. The number of fused-ring (bicyclic) bond motifs is 14. The average Bonchev–Trinajstić information content (AvgIpc) is 4.33. The molecule has 16 rings (SSSR count). The summed E-state index contributed by atoms with van der Waals surface area (Å²) < 4.78 is 2.55. The van der Waals surface area contributed by atoms with Gasteiger partial charge >= 0.3 is 0 Å². The van der Waals surface area contributed by atoms with E-state index >= 15 is 0 Å². The van der Waals surface area contributed by atoms with Crippen molar-refractivity contribution in [3.8, 4) is 50.2 Å². The molecule has 0 fully saturated rings. The Kier molecular flexibility index (Phi) is 10.2. The van der Waals surface area contributed by atoms with Crippen LogP contribution in [-0.4, -0.2) is 4.57 Å². The summed E-state index contributed by atoms with van der Waals surface area (Å²) >= 11 is 0. The quantitative estimate of drug-likeness (QED) is 0.138. The highest BCUT2D eigenvalue weighted by Gasteiger charge is 2.46. The van der Waals surface area contributed by atoms with E-state index in [4.69, 9.17) is 0 Å². The van der Waals surface area contributed by atoms with E-state index in [1.165, 1.54) is 116 Å². The first-order chi connectivity index (χ1) is 39.5. The maximum absolute atomic E-state index is 2.55. The Balaban J connectivity index is 0.909. The minimum Gasteiger partial charge on any atom is -0.310 e. The number of anilines is 3. The molecule has 0 saturated heterocycles. The van der Waals surface area contributed by atoms with Gasteiger partial charge in [0.15, 0.2) is 0 Å². The van der Waals surface area contributed by atoms with Gasteiger partial charge in [-0.2, -0.15) is 0 Å². The summed E-state index contributed by atoms with van der Waals surface area (Å²) in [7, 11) is 0. The third-order valence-corrected chi connectivity index (χ3v) is 17.9. The Hall–Kier alpha value is -10.0. The van der Waals surface area contributed by atoms with Crippen molar-refractivity contribution in [2.75, 3.05) is 4.90 Å². The van der Waals surface area contributed by atoms with Crippen molar-refractivity contribution in [3.63, 3.8) is 0 Å². The van der Waals surface area contributed by atoms with E-state index in [0.717, 1.165) is 28.3 Å². The highest BCUT2D eigenvalue weighted by Crippen LogP contribution is 2.57. The van der Waals surface area contributed by atoms with Gasteiger partial charge in [-0.15, -0.1) is 0 Å². The zero-order valence-corrected chi connectivity index (χ0v) is 44.6. The lowest BCUT2D eigenvalue weighted by molar-refractivity contribution is 0.660. The van der Waals surface area contributed by atoms with E-state index in [2.05, 4.69) is 315 Å². The number of nitrogens with zero attached hydrogens (tertiary/aromatic N) is 2. The van der Waals surface area contributed by atoms with Crippen LogP contribution in [0.4, 0.5) is 17.1 Å². The van der Waals surface area contributed by atoms with Crippen LogP contribution in [0, 0.1) is 0 Å². The minimum atomic E-state index is -0.443. The summed E-state index contributed by atoms with van der Waals surface area (Å²) in [5.74, 6) is 0. The highest BCUT2D eigenvalue weighted by molar-refractivity contribution is 6.32. The lowest BCUT2D eigenvalue weighted by Crippen LogP contribution is -2.28. The lowest BCUT2D eigenvalue weighted by atomic mass is 9.67. The molecule has 376 valence electrons. The first-order valence-corrected chi connectivity index (χ1v) is 28.0. The zero-order valence-electron chi connectivity index (χ0n) is 44.6. The first-order valence-electron chi connectivity index (χ1n) is 28.0. The van der Waals surface area contributed by atoms with Gasteiger partial charge in [0.1, 0.15) is 0 Å². The molecule has 0 N–H and O–H groups in total. The molecular formula is C78H54N2. The molecule has 0 aliphatic heterocycles. The molecule has 0 unspecified atom stereocenters. The van der Waals surface area contributed by atoms with Gasteiger partial charge in [-0.3, -0.25) is 0 Å². The molecule has 2 heteroatoms. The van der Waals surface area contributed by atoms with Gasteiger partial charge in [-0.1, -0.05) is 257 Å². The van der Waals surface area contributed by atoms with Crippen LogP contribution < -0.4 is 4.90 Å². The maximum Gasteiger partial charge on any atom is 0.0713 e. The van der Waals surface area contributed by atoms with Crippen molar-refractivity contribution in [2.45, 2.75) is 24.7 Å². The van der Waals surface area contributed by atoms with Crippen LogP contribution >= 0.6 is 0 Å². The summed E-state index contributed by atoms with van der Waals surface area (Å²) in [6.07, 6.45) is 0. The van der Waals surface area contributed by atoms with Gasteiger partial charge in [-0.05, 0) is 137 Å². The fourth-order valence-corrected chi connectivity index (χ4v) is 14.3. The third-order valence-electron chi connectivity index (χ3n) is 17.9. The third kappa shape index (κ3) is 6.66. The van der Waals surface area contributed by atoms with Gasteiger partial charge in [-0.25, -0.2) is 0 Å². The molecule has 1 heterocycles. The van der Waals surface area contributed by atoms with Crippen molar-refractivity contribution in [1.82, 2.24) is 4.57 Å². The molecule has 2 nitrogen and oxygen atoms in total. The zero-order chi connectivity index (χ0) is 53.1. The Morgan fingerprint density at radius 1 is 0.312 bits per heavy atom. The van der Waals surface area contributed by atoms with Crippen molar-refractivity contribution >= 4 is 60.4 Å². The summed E-state index contributed by atoms with van der Waals surface area (Å²) in [5.41, 5.74) is 24.0. The van der Waals surface area contributed by atoms with E-state index < -0.39 is 5.41 Å². The molecule has 13 aromatic carbocycles. The smallest absolute Gasteiger partial charge is 0.0713 e. The predicted molar refractivity (Wildman–Crippen MR) is 336 cm³/mol. The minimum absolute atomic E-state index is 0.170. The van der Waals surface area contributed by atoms with Crippen LogP contribution in [0.1, 0.15) is 47.2 Å². The van der Waals surface area contributed by atoms with Gasteiger partial charge in [0.25, 0.3) is 0 Å². The number of para-hydroxylation sites is 1. The molecule has 0 bridgehead atoms. The van der Waals surface area contributed by atoms with E-state index in [0.29, 0.717) is 0 Å². The number of benzene rings is 13. The Morgan fingerprint density at radius 3 is 1.54 bits per heavy atom. The number of rotatable bonds is 8. The number of hydrogen-bond donors (Lipinski definition) is 0. The number of hydrogen-bond acceptors (Lipinski definition) is 1. The molecule has 2 aliphatic carbocycles. The maximum atomic E-state index is 2.55. The van der Waals surface area contributed by atoms with Crippen molar-refractivity contribution in [1.29, 1.82) is 0 Å². The second-order valence-corrected chi connectivity index (χ2v) is 22.3. The Labute approximate surface area is 466 Å². The average molecular weight is 1020 g/mol. The standard InChI is InChI=1S/C78H54N2/c1-77(2)69-35-19-16-31-62(69)64-45-43-57(49-72(64)77)79(73-37-21-18-28-59(73)52-22-6-3-7-23-52)58-44-46-67-74(50-58)80(76-66-34-15-13-30-61(66)60-29-12-14-33-65(60)75(67)76)56-41-38-51(39-42-56)53-40-47-71-68(48-53)63-32-17-20-36-70(63)78(71,54-24-8-4-9-25-54)55-26-10-5-11-27-55/h3-50H,1-2H3. The van der Waals surface area contributed by atoms with Gasteiger partial charge in [0.05, 0.1) is 22.1 Å². The van der Waals surface area contributed by atoms with Crippen LogP contribution in [0.25, 0.3) is 93.5 Å². The van der Waals surface area contributed by atoms with Gasteiger partial charge in [0, 0.05) is 44.2 Å². The predicted octanol–water partition coefficient (Wildman–Crippen LogP) is 20.6. The number of aromatic nitrogens is 1. The second-order valence-electron chi connectivity index (χ2n) is 22.3. The fraction of sp³-hybridized carbons (Fsp3) is 0.0513. The molecule has 80 heavy (non-hydrogen) atoms. The van der Waals surface area contributed by atoms with E-state index in [-0.39, 0.29) is 5.41 Å². The molecule has 0 radical (unpaired) electrons. The van der Waals surface area contributed by atoms with Crippen molar-refractivity contribution < 1.29 is 0 Å². The van der Waals surface area contributed by atoms with Crippen molar-refractivity contribution in [2.24, 2.45) is 0 Å². The topological polar surface area (TPSA) is 8.17 Å². The van der Waals surface area contributed by atoms with Gasteiger partial charge in [0.2, 0.25) is 0 Å². The summed E-state index contributed by atoms with van der Waals surface area (Å²) in [6.45, 7) is 4.75. The summed E-state index contributed by atoms with van der Waals surface area (Å²) in [5, 5.41) is 7.46. The van der Waals surface area contributed by atoms with Crippen LogP contribution in [0.5, 0.6) is 0 Å².